The number of para-hydroxylation sites is 2. The van der Waals surface area contributed by atoms with Gasteiger partial charge in [-0.25, -0.2) is 4.98 Å². The Bertz CT molecular complexity index is 841. The van der Waals surface area contributed by atoms with Gasteiger partial charge in [-0.05, 0) is 25.1 Å². The first-order chi connectivity index (χ1) is 12.6. The zero-order chi connectivity index (χ0) is 18.5. The van der Waals surface area contributed by atoms with Crippen molar-refractivity contribution in [3.8, 4) is 11.8 Å². The van der Waals surface area contributed by atoms with E-state index in [-0.39, 0.29) is 11.4 Å². The topological polar surface area (TPSA) is 95.5 Å². The van der Waals surface area contributed by atoms with Gasteiger partial charge in [0.15, 0.2) is 0 Å². The van der Waals surface area contributed by atoms with Crippen LogP contribution in [-0.2, 0) is 0 Å². The molecule has 0 unspecified atom stereocenters. The number of benzene rings is 1. The number of hydrogen-bond acceptors (Lipinski definition) is 7. The Morgan fingerprint density at radius 1 is 1.19 bits per heavy atom. The number of nitrogens with zero attached hydrogens (tertiary/aromatic N) is 5. The van der Waals surface area contributed by atoms with Gasteiger partial charge in [-0.1, -0.05) is 12.1 Å². The summed E-state index contributed by atoms with van der Waals surface area (Å²) >= 11 is 0. The van der Waals surface area contributed by atoms with Gasteiger partial charge >= 0.3 is 5.69 Å². The Labute approximate surface area is 151 Å². The number of aromatic nitrogens is 1. The third-order valence-corrected chi connectivity index (χ3v) is 4.27. The molecule has 0 N–H and O–H groups in total. The van der Waals surface area contributed by atoms with Crippen molar-refractivity contribution >= 4 is 17.2 Å². The van der Waals surface area contributed by atoms with Crippen LogP contribution in [0, 0.1) is 21.4 Å². The smallest absolute Gasteiger partial charge is 0.305 e. The first-order valence-corrected chi connectivity index (χ1v) is 8.41. The predicted octanol–water partition coefficient (Wildman–Crippen LogP) is 2.59. The summed E-state index contributed by atoms with van der Waals surface area (Å²) in [6.07, 6.45) is 0. The van der Waals surface area contributed by atoms with Crippen LogP contribution in [0.4, 0.5) is 17.2 Å². The van der Waals surface area contributed by atoms with Gasteiger partial charge in [0, 0.05) is 32.2 Å². The lowest BCUT2D eigenvalue weighted by molar-refractivity contribution is -0.385. The number of nitro groups is 1. The van der Waals surface area contributed by atoms with Crippen molar-refractivity contribution in [3.63, 3.8) is 0 Å². The fourth-order valence-corrected chi connectivity index (χ4v) is 3.02. The lowest BCUT2D eigenvalue weighted by Gasteiger charge is -2.37. The Balaban J connectivity index is 1.73. The molecular formula is C18H19N5O3. The van der Waals surface area contributed by atoms with E-state index < -0.39 is 4.92 Å². The Morgan fingerprint density at radius 3 is 2.54 bits per heavy atom. The largest absolute Gasteiger partial charge is 0.492 e. The summed E-state index contributed by atoms with van der Waals surface area (Å²) < 4.78 is 5.70. The van der Waals surface area contributed by atoms with E-state index in [1.165, 1.54) is 6.07 Å². The van der Waals surface area contributed by atoms with Gasteiger partial charge < -0.3 is 14.5 Å². The second-order valence-corrected chi connectivity index (χ2v) is 5.78. The lowest BCUT2D eigenvalue weighted by atomic mass is 10.2. The fourth-order valence-electron chi connectivity index (χ4n) is 3.02. The van der Waals surface area contributed by atoms with E-state index in [0.29, 0.717) is 25.5 Å². The predicted molar refractivity (Wildman–Crippen MR) is 97.6 cm³/mol. The Morgan fingerprint density at radius 2 is 1.88 bits per heavy atom. The third-order valence-electron chi connectivity index (χ3n) is 4.27. The molecule has 0 saturated carbocycles. The summed E-state index contributed by atoms with van der Waals surface area (Å²) in [6, 6.07) is 12.7. The van der Waals surface area contributed by atoms with Crippen LogP contribution < -0.4 is 14.5 Å². The molecule has 8 nitrogen and oxygen atoms in total. The van der Waals surface area contributed by atoms with Crippen LogP contribution in [0.15, 0.2) is 36.4 Å². The van der Waals surface area contributed by atoms with E-state index in [1.54, 1.807) is 12.1 Å². The molecule has 1 aromatic heterocycles. The van der Waals surface area contributed by atoms with Crippen molar-refractivity contribution in [2.45, 2.75) is 6.92 Å². The van der Waals surface area contributed by atoms with Gasteiger partial charge in [-0.3, -0.25) is 10.1 Å². The number of anilines is 2. The van der Waals surface area contributed by atoms with Crippen LogP contribution in [0.1, 0.15) is 12.6 Å². The van der Waals surface area contributed by atoms with Crippen LogP contribution >= 0.6 is 0 Å². The number of rotatable bonds is 5. The molecule has 0 radical (unpaired) electrons. The quantitative estimate of drug-likeness (QED) is 0.602. The zero-order valence-electron chi connectivity index (χ0n) is 14.5. The van der Waals surface area contributed by atoms with Gasteiger partial charge in [0.25, 0.3) is 0 Å². The van der Waals surface area contributed by atoms with Gasteiger partial charge in [0.05, 0.1) is 17.2 Å². The van der Waals surface area contributed by atoms with Crippen LogP contribution in [-0.4, -0.2) is 42.7 Å². The minimum atomic E-state index is -0.585. The summed E-state index contributed by atoms with van der Waals surface area (Å²) in [5, 5.41) is 20.0. The maximum absolute atomic E-state index is 10.9. The third kappa shape index (κ3) is 3.52. The van der Waals surface area contributed by atoms with E-state index >= 15 is 0 Å². The van der Waals surface area contributed by atoms with E-state index in [1.807, 2.05) is 36.1 Å². The molecule has 2 heterocycles. The highest BCUT2D eigenvalue weighted by Gasteiger charge is 2.23. The number of pyridine rings is 1. The summed E-state index contributed by atoms with van der Waals surface area (Å²) in [7, 11) is 0. The number of nitriles is 1. The van der Waals surface area contributed by atoms with Gasteiger partial charge in [0.2, 0.25) is 5.69 Å². The van der Waals surface area contributed by atoms with E-state index in [0.717, 1.165) is 24.5 Å². The van der Waals surface area contributed by atoms with Crippen molar-refractivity contribution in [3.05, 3.63) is 52.2 Å². The fraction of sp³-hybridized carbons (Fsp3) is 0.333. The molecular weight excluding hydrogens is 334 g/mol. The highest BCUT2D eigenvalue weighted by atomic mass is 16.6. The Kier molecular flexibility index (Phi) is 5.17. The van der Waals surface area contributed by atoms with E-state index in [2.05, 4.69) is 9.88 Å². The van der Waals surface area contributed by atoms with Crippen molar-refractivity contribution in [2.24, 2.45) is 0 Å². The van der Waals surface area contributed by atoms with Crippen molar-refractivity contribution in [2.75, 3.05) is 42.6 Å². The molecule has 0 atom stereocenters. The van der Waals surface area contributed by atoms with Crippen LogP contribution in [0.3, 0.4) is 0 Å². The highest BCUT2D eigenvalue weighted by Crippen LogP contribution is 2.29. The molecule has 1 aliphatic heterocycles. The van der Waals surface area contributed by atoms with Gasteiger partial charge in [-0.2, -0.15) is 5.26 Å². The van der Waals surface area contributed by atoms with Gasteiger partial charge in [-0.15, -0.1) is 0 Å². The number of hydrogen-bond donors (Lipinski definition) is 0. The molecule has 8 heteroatoms. The van der Waals surface area contributed by atoms with Crippen molar-refractivity contribution < 1.29 is 9.66 Å². The standard InChI is InChI=1S/C18H19N5O3/c1-2-26-17-6-4-3-5-16(17)21-9-11-22(12-10-21)18-8-7-15(23(24)25)14(13-19)20-18/h3-8H,2,9-12H2,1H3. The molecule has 0 spiro atoms. The normalized spacial score (nSPS) is 14.0. The minimum absolute atomic E-state index is 0.156. The maximum Gasteiger partial charge on any atom is 0.305 e. The molecule has 0 aliphatic carbocycles. The maximum atomic E-state index is 10.9. The summed E-state index contributed by atoms with van der Waals surface area (Å²) in [6.45, 7) is 5.52. The van der Waals surface area contributed by atoms with Crippen LogP contribution in [0.2, 0.25) is 0 Å². The monoisotopic (exact) mass is 353 g/mol. The molecule has 134 valence electrons. The van der Waals surface area contributed by atoms with Crippen molar-refractivity contribution in [1.82, 2.24) is 4.98 Å². The molecule has 0 amide bonds. The first-order valence-electron chi connectivity index (χ1n) is 8.41. The summed E-state index contributed by atoms with van der Waals surface area (Å²) in [5.74, 6) is 1.45. The van der Waals surface area contributed by atoms with E-state index in [4.69, 9.17) is 10.00 Å². The summed E-state index contributed by atoms with van der Waals surface area (Å²) in [5.41, 5.74) is 0.639. The first kappa shape index (κ1) is 17.5. The van der Waals surface area contributed by atoms with Crippen LogP contribution in [0.25, 0.3) is 0 Å². The van der Waals surface area contributed by atoms with Crippen molar-refractivity contribution in [1.29, 1.82) is 5.26 Å². The molecule has 1 saturated heterocycles. The second-order valence-electron chi connectivity index (χ2n) is 5.78. The molecule has 1 aliphatic rings. The molecule has 1 fully saturated rings. The molecule has 0 bridgehead atoms. The second kappa shape index (κ2) is 7.70. The molecule has 26 heavy (non-hydrogen) atoms. The van der Waals surface area contributed by atoms with Gasteiger partial charge in [0.1, 0.15) is 17.6 Å². The number of ether oxygens (including phenoxy) is 1. The van der Waals surface area contributed by atoms with E-state index in [9.17, 15) is 10.1 Å². The SMILES string of the molecule is CCOc1ccccc1N1CCN(c2ccc([N+](=O)[O-])c(C#N)n2)CC1. The molecule has 1 aromatic carbocycles. The minimum Gasteiger partial charge on any atom is -0.492 e. The zero-order valence-corrected chi connectivity index (χ0v) is 14.5. The molecule has 3 rings (SSSR count). The molecule has 2 aromatic rings. The Hall–Kier alpha value is -3.34. The lowest BCUT2D eigenvalue weighted by Crippen LogP contribution is -2.47. The average molecular weight is 353 g/mol. The summed E-state index contributed by atoms with van der Waals surface area (Å²) in [4.78, 5) is 18.8. The van der Waals surface area contributed by atoms with Crippen LogP contribution in [0.5, 0.6) is 5.75 Å². The average Bonchev–Trinajstić information content (AvgIpc) is 2.68. The highest BCUT2D eigenvalue weighted by molar-refractivity contribution is 5.60. The number of piperazine rings is 1.